The molecular formula is C14H23BN2O2. The molecule has 0 radical (unpaired) electrons. The van der Waals surface area contributed by atoms with Crippen LogP contribution in [0.2, 0.25) is 0 Å². The number of hydrogen-bond donors (Lipinski definition) is 2. The fourth-order valence-corrected chi connectivity index (χ4v) is 2.70. The lowest BCUT2D eigenvalue weighted by molar-refractivity contribution is 0.0556. The molecule has 1 aliphatic heterocycles. The van der Waals surface area contributed by atoms with Crippen LogP contribution < -0.4 is 5.46 Å². The van der Waals surface area contributed by atoms with Gasteiger partial charge in [0, 0.05) is 31.7 Å². The molecule has 1 aliphatic rings. The molecule has 104 valence electrons. The Balaban J connectivity index is 1.97. The maximum absolute atomic E-state index is 9.07. The van der Waals surface area contributed by atoms with Crippen molar-refractivity contribution in [2.24, 2.45) is 0 Å². The summed E-state index contributed by atoms with van der Waals surface area (Å²) >= 11 is 0. The molecule has 1 aromatic rings. The van der Waals surface area contributed by atoms with Crippen molar-refractivity contribution < 1.29 is 10.0 Å². The first-order valence-corrected chi connectivity index (χ1v) is 6.86. The molecule has 0 aliphatic carbocycles. The molecular weight excluding hydrogens is 239 g/mol. The van der Waals surface area contributed by atoms with Crippen molar-refractivity contribution in [3.8, 4) is 0 Å². The SMILES string of the molecule is C[C@@H]1CN(Cc2ccc(B(O)O)cc2)C[C@H](C)N1C. The third-order valence-corrected chi connectivity index (χ3v) is 4.12. The zero-order valence-electron chi connectivity index (χ0n) is 12.0. The second kappa shape index (κ2) is 6.05. The summed E-state index contributed by atoms with van der Waals surface area (Å²) in [5, 5.41) is 18.1. The number of nitrogens with zero attached hydrogens (tertiary/aromatic N) is 2. The molecule has 2 atom stereocenters. The second-order valence-electron chi connectivity index (χ2n) is 5.67. The molecule has 1 heterocycles. The van der Waals surface area contributed by atoms with E-state index in [1.807, 2.05) is 12.1 Å². The Hall–Kier alpha value is -0.875. The molecule has 19 heavy (non-hydrogen) atoms. The largest absolute Gasteiger partial charge is 0.488 e. The van der Waals surface area contributed by atoms with E-state index in [4.69, 9.17) is 10.0 Å². The van der Waals surface area contributed by atoms with Gasteiger partial charge in [-0.25, -0.2) is 0 Å². The highest BCUT2D eigenvalue weighted by molar-refractivity contribution is 6.58. The third-order valence-electron chi connectivity index (χ3n) is 4.12. The van der Waals surface area contributed by atoms with Gasteiger partial charge >= 0.3 is 7.12 Å². The average molecular weight is 262 g/mol. The van der Waals surface area contributed by atoms with Gasteiger partial charge in [0.05, 0.1) is 0 Å². The summed E-state index contributed by atoms with van der Waals surface area (Å²) in [6.45, 7) is 7.59. The van der Waals surface area contributed by atoms with Crippen molar-refractivity contribution in [2.75, 3.05) is 20.1 Å². The van der Waals surface area contributed by atoms with Crippen LogP contribution in [0.1, 0.15) is 19.4 Å². The van der Waals surface area contributed by atoms with E-state index in [1.165, 1.54) is 5.56 Å². The second-order valence-corrected chi connectivity index (χ2v) is 5.67. The lowest BCUT2D eigenvalue weighted by Gasteiger charge is -2.42. The number of likely N-dealkylation sites (N-methyl/N-ethyl adjacent to an activating group) is 1. The quantitative estimate of drug-likeness (QED) is 0.746. The first kappa shape index (κ1) is 14.5. The lowest BCUT2D eigenvalue weighted by Crippen LogP contribution is -2.54. The van der Waals surface area contributed by atoms with Gasteiger partial charge in [-0.15, -0.1) is 0 Å². The molecule has 1 aromatic carbocycles. The summed E-state index contributed by atoms with van der Waals surface area (Å²) in [4.78, 5) is 4.88. The molecule has 0 spiro atoms. The highest BCUT2D eigenvalue weighted by Gasteiger charge is 2.26. The smallest absolute Gasteiger partial charge is 0.423 e. The minimum Gasteiger partial charge on any atom is -0.423 e. The predicted molar refractivity (Wildman–Crippen MR) is 78.2 cm³/mol. The highest BCUT2D eigenvalue weighted by atomic mass is 16.4. The molecule has 5 heteroatoms. The van der Waals surface area contributed by atoms with Gasteiger partial charge < -0.3 is 10.0 Å². The zero-order chi connectivity index (χ0) is 14.0. The fourth-order valence-electron chi connectivity index (χ4n) is 2.70. The first-order valence-electron chi connectivity index (χ1n) is 6.86. The van der Waals surface area contributed by atoms with E-state index in [0.29, 0.717) is 17.5 Å². The van der Waals surface area contributed by atoms with Crippen LogP contribution in [0.4, 0.5) is 0 Å². The van der Waals surface area contributed by atoms with E-state index < -0.39 is 7.12 Å². The van der Waals surface area contributed by atoms with Gasteiger partial charge in [0.1, 0.15) is 0 Å². The van der Waals surface area contributed by atoms with Crippen LogP contribution in [0.25, 0.3) is 0 Å². The van der Waals surface area contributed by atoms with E-state index in [9.17, 15) is 0 Å². The van der Waals surface area contributed by atoms with Gasteiger partial charge in [-0.1, -0.05) is 24.3 Å². The van der Waals surface area contributed by atoms with Crippen molar-refractivity contribution in [3.63, 3.8) is 0 Å². The van der Waals surface area contributed by atoms with Crippen LogP contribution >= 0.6 is 0 Å². The fraction of sp³-hybridized carbons (Fsp3) is 0.571. The molecule has 0 bridgehead atoms. The zero-order valence-corrected chi connectivity index (χ0v) is 12.0. The van der Waals surface area contributed by atoms with Gasteiger partial charge in [-0.05, 0) is 31.9 Å². The van der Waals surface area contributed by atoms with E-state index in [-0.39, 0.29) is 0 Å². The summed E-state index contributed by atoms with van der Waals surface area (Å²) in [7, 11) is 0.808. The van der Waals surface area contributed by atoms with Gasteiger partial charge in [-0.3, -0.25) is 9.80 Å². The summed E-state index contributed by atoms with van der Waals surface area (Å²) in [6, 6.07) is 8.65. The third kappa shape index (κ3) is 3.57. The van der Waals surface area contributed by atoms with E-state index in [2.05, 4.69) is 30.7 Å². The molecule has 1 fully saturated rings. The Bertz CT molecular complexity index is 398. The summed E-state index contributed by atoms with van der Waals surface area (Å²) in [5.41, 5.74) is 1.76. The Morgan fingerprint density at radius 3 is 2.11 bits per heavy atom. The number of hydrogen-bond acceptors (Lipinski definition) is 4. The van der Waals surface area contributed by atoms with E-state index >= 15 is 0 Å². The number of piperazine rings is 1. The molecule has 4 nitrogen and oxygen atoms in total. The van der Waals surface area contributed by atoms with E-state index in [0.717, 1.165) is 19.6 Å². The Morgan fingerprint density at radius 2 is 1.63 bits per heavy atom. The topological polar surface area (TPSA) is 46.9 Å². The first-order chi connectivity index (χ1) is 8.97. The minimum atomic E-state index is -1.38. The van der Waals surface area contributed by atoms with E-state index in [1.54, 1.807) is 12.1 Å². The standard InChI is InChI=1S/C14H23BN2O2/c1-11-8-17(9-12(2)16(11)3)10-13-4-6-14(7-5-13)15(18)19/h4-7,11-12,18-19H,8-10H2,1-3H3/t11-,12+. The molecule has 2 rings (SSSR count). The van der Waals surface area contributed by atoms with Crippen LogP contribution in [0.15, 0.2) is 24.3 Å². The normalized spacial score (nSPS) is 25.5. The molecule has 0 unspecified atom stereocenters. The Labute approximate surface area is 115 Å². The maximum atomic E-state index is 9.07. The Morgan fingerprint density at radius 1 is 1.11 bits per heavy atom. The van der Waals surface area contributed by atoms with Gasteiger partial charge in [0.25, 0.3) is 0 Å². The van der Waals surface area contributed by atoms with Crippen LogP contribution in [0, 0.1) is 0 Å². The van der Waals surface area contributed by atoms with Crippen LogP contribution in [0.5, 0.6) is 0 Å². The van der Waals surface area contributed by atoms with Gasteiger partial charge in [0.2, 0.25) is 0 Å². The van der Waals surface area contributed by atoms with Crippen LogP contribution in [-0.2, 0) is 6.54 Å². The summed E-state index contributed by atoms with van der Waals surface area (Å²) < 4.78 is 0. The van der Waals surface area contributed by atoms with Gasteiger partial charge in [-0.2, -0.15) is 0 Å². The molecule has 0 saturated carbocycles. The number of rotatable bonds is 3. The molecule has 1 saturated heterocycles. The lowest BCUT2D eigenvalue weighted by atomic mass is 9.80. The van der Waals surface area contributed by atoms with Crippen molar-refractivity contribution in [1.29, 1.82) is 0 Å². The van der Waals surface area contributed by atoms with Crippen LogP contribution in [0.3, 0.4) is 0 Å². The monoisotopic (exact) mass is 262 g/mol. The van der Waals surface area contributed by atoms with Crippen molar-refractivity contribution in [3.05, 3.63) is 29.8 Å². The van der Waals surface area contributed by atoms with Crippen molar-refractivity contribution in [1.82, 2.24) is 9.80 Å². The van der Waals surface area contributed by atoms with Crippen molar-refractivity contribution in [2.45, 2.75) is 32.5 Å². The minimum absolute atomic E-state index is 0.545. The molecule has 0 aromatic heterocycles. The maximum Gasteiger partial charge on any atom is 0.488 e. The average Bonchev–Trinajstić information content (AvgIpc) is 2.36. The summed E-state index contributed by atoms with van der Waals surface area (Å²) in [6.07, 6.45) is 0. The number of benzene rings is 1. The van der Waals surface area contributed by atoms with Crippen molar-refractivity contribution >= 4 is 12.6 Å². The summed E-state index contributed by atoms with van der Waals surface area (Å²) in [5.74, 6) is 0. The molecule has 2 N–H and O–H groups in total. The van der Waals surface area contributed by atoms with Gasteiger partial charge in [0.15, 0.2) is 0 Å². The van der Waals surface area contributed by atoms with Crippen LogP contribution in [-0.4, -0.2) is 59.2 Å². The predicted octanol–water partition coefficient (Wildman–Crippen LogP) is -0.109. The highest BCUT2D eigenvalue weighted by Crippen LogP contribution is 2.15. The molecule has 0 amide bonds. The Kier molecular flexibility index (Phi) is 4.63.